The highest BCUT2D eigenvalue weighted by Gasteiger charge is 2.12. The molecule has 1 aliphatic heterocycles. The number of rotatable bonds is 6. The highest BCUT2D eigenvalue weighted by Crippen LogP contribution is 2.15. The van der Waals surface area contributed by atoms with Crippen molar-refractivity contribution in [3.63, 3.8) is 0 Å². The lowest BCUT2D eigenvalue weighted by atomic mass is 9.96. The first-order valence-corrected chi connectivity index (χ1v) is 7.27. The normalized spacial score (nSPS) is 19.4. The fraction of sp³-hybridized carbons (Fsp3) is 0.714. The maximum Gasteiger partial charge on any atom is 0.131 e. The maximum absolute atomic E-state index is 4.25. The van der Waals surface area contributed by atoms with Gasteiger partial charge in [0.1, 0.15) is 18.0 Å². The molecule has 106 valence electrons. The molecule has 1 unspecified atom stereocenters. The van der Waals surface area contributed by atoms with Crippen LogP contribution in [0.3, 0.4) is 0 Å². The van der Waals surface area contributed by atoms with Gasteiger partial charge >= 0.3 is 0 Å². The summed E-state index contributed by atoms with van der Waals surface area (Å²) in [6.07, 6.45) is 5.46. The van der Waals surface area contributed by atoms with Crippen molar-refractivity contribution in [1.82, 2.24) is 15.3 Å². The van der Waals surface area contributed by atoms with E-state index in [0.29, 0.717) is 6.04 Å². The first kappa shape index (κ1) is 14.1. The highest BCUT2D eigenvalue weighted by atomic mass is 15.1. The Morgan fingerprint density at radius 2 is 2.21 bits per heavy atom. The average Bonchev–Trinajstić information content (AvgIpc) is 2.40. The van der Waals surface area contributed by atoms with Crippen LogP contribution in [0.25, 0.3) is 0 Å². The van der Waals surface area contributed by atoms with E-state index in [1.165, 1.54) is 25.8 Å². The molecule has 3 N–H and O–H groups in total. The molecular weight excluding hydrogens is 238 g/mol. The molecule has 5 nitrogen and oxygen atoms in total. The van der Waals surface area contributed by atoms with Gasteiger partial charge in [-0.05, 0) is 52.1 Å². The number of hydrogen-bond donors (Lipinski definition) is 3. The summed E-state index contributed by atoms with van der Waals surface area (Å²) in [5.41, 5.74) is 0. The molecular formula is C14H25N5. The zero-order valence-electron chi connectivity index (χ0n) is 11.9. The minimum Gasteiger partial charge on any atom is -0.370 e. The summed E-state index contributed by atoms with van der Waals surface area (Å²) in [6, 6.07) is 2.36. The van der Waals surface area contributed by atoms with Crippen molar-refractivity contribution in [3.8, 4) is 0 Å². The second-order valence-corrected chi connectivity index (χ2v) is 5.52. The van der Waals surface area contributed by atoms with Gasteiger partial charge in [-0.15, -0.1) is 0 Å². The van der Waals surface area contributed by atoms with E-state index in [2.05, 4.69) is 39.8 Å². The van der Waals surface area contributed by atoms with E-state index < -0.39 is 0 Å². The molecule has 0 radical (unpaired) electrons. The molecule has 0 aliphatic carbocycles. The van der Waals surface area contributed by atoms with Crippen molar-refractivity contribution in [2.75, 3.05) is 30.3 Å². The Hall–Kier alpha value is -1.36. The molecule has 1 aromatic rings. The maximum atomic E-state index is 4.25. The number of nitrogens with one attached hydrogen (secondary N) is 3. The monoisotopic (exact) mass is 263 g/mol. The van der Waals surface area contributed by atoms with Gasteiger partial charge in [-0.1, -0.05) is 0 Å². The smallest absolute Gasteiger partial charge is 0.131 e. The lowest BCUT2D eigenvalue weighted by Crippen LogP contribution is -2.30. The summed E-state index contributed by atoms with van der Waals surface area (Å²) >= 11 is 0. The van der Waals surface area contributed by atoms with Crippen LogP contribution in [-0.4, -0.2) is 35.6 Å². The quantitative estimate of drug-likeness (QED) is 0.733. The second-order valence-electron chi connectivity index (χ2n) is 5.52. The Morgan fingerprint density at radius 3 is 2.95 bits per heavy atom. The van der Waals surface area contributed by atoms with E-state index >= 15 is 0 Å². The van der Waals surface area contributed by atoms with Gasteiger partial charge in [0.2, 0.25) is 0 Å². The molecule has 0 spiro atoms. The Labute approximate surface area is 115 Å². The summed E-state index contributed by atoms with van der Waals surface area (Å²) in [5, 5.41) is 10.1. The molecule has 19 heavy (non-hydrogen) atoms. The Balaban J connectivity index is 1.75. The Morgan fingerprint density at radius 1 is 1.37 bits per heavy atom. The van der Waals surface area contributed by atoms with Crippen LogP contribution in [-0.2, 0) is 0 Å². The van der Waals surface area contributed by atoms with Gasteiger partial charge in [-0.25, -0.2) is 9.97 Å². The van der Waals surface area contributed by atoms with Gasteiger partial charge in [0, 0.05) is 18.7 Å². The Bertz CT molecular complexity index is 374. The minimum atomic E-state index is 0.385. The third-order valence-corrected chi connectivity index (χ3v) is 3.36. The summed E-state index contributed by atoms with van der Waals surface area (Å²) in [7, 11) is 0. The first-order chi connectivity index (χ1) is 9.24. The van der Waals surface area contributed by atoms with E-state index in [4.69, 9.17) is 0 Å². The van der Waals surface area contributed by atoms with Crippen molar-refractivity contribution < 1.29 is 0 Å². The van der Waals surface area contributed by atoms with Crippen LogP contribution in [0.15, 0.2) is 12.4 Å². The van der Waals surface area contributed by atoms with Crippen molar-refractivity contribution in [1.29, 1.82) is 0 Å². The van der Waals surface area contributed by atoms with E-state index in [1.54, 1.807) is 6.33 Å². The molecule has 1 atom stereocenters. The molecule has 2 heterocycles. The van der Waals surface area contributed by atoms with Crippen molar-refractivity contribution in [3.05, 3.63) is 12.4 Å². The number of nitrogens with zero attached hydrogens (tertiary/aromatic N) is 2. The van der Waals surface area contributed by atoms with Crippen LogP contribution in [0.2, 0.25) is 0 Å². The van der Waals surface area contributed by atoms with Crippen LogP contribution in [0.1, 0.15) is 33.1 Å². The largest absolute Gasteiger partial charge is 0.370 e. The van der Waals surface area contributed by atoms with Gasteiger partial charge < -0.3 is 16.0 Å². The van der Waals surface area contributed by atoms with Gasteiger partial charge in [0.15, 0.2) is 0 Å². The number of hydrogen-bond acceptors (Lipinski definition) is 5. The summed E-state index contributed by atoms with van der Waals surface area (Å²) in [4.78, 5) is 8.46. The molecule has 0 bridgehead atoms. The molecule has 1 saturated heterocycles. The molecule has 5 heteroatoms. The third-order valence-electron chi connectivity index (χ3n) is 3.36. The van der Waals surface area contributed by atoms with E-state index in [1.807, 2.05) is 6.07 Å². The van der Waals surface area contributed by atoms with Crippen LogP contribution in [0, 0.1) is 5.92 Å². The minimum absolute atomic E-state index is 0.385. The van der Waals surface area contributed by atoms with E-state index in [0.717, 1.165) is 30.6 Å². The Kier molecular flexibility index (Phi) is 5.39. The van der Waals surface area contributed by atoms with Crippen LogP contribution in [0.5, 0.6) is 0 Å². The molecule has 1 aliphatic rings. The molecule has 1 fully saturated rings. The van der Waals surface area contributed by atoms with Gasteiger partial charge in [0.05, 0.1) is 0 Å². The summed E-state index contributed by atoms with van der Waals surface area (Å²) in [5.74, 6) is 2.59. The van der Waals surface area contributed by atoms with Crippen LogP contribution >= 0.6 is 0 Å². The standard InChI is InChI=1S/C14H25N5/c1-11(2)19-14-8-13(17-10-18-14)16-7-5-12-4-3-6-15-9-12/h8,10-12,15H,3-7,9H2,1-2H3,(H2,16,17,18,19). The zero-order chi connectivity index (χ0) is 13.5. The molecule has 0 aromatic carbocycles. The molecule has 0 saturated carbocycles. The lowest BCUT2D eigenvalue weighted by molar-refractivity contribution is 0.364. The van der Waals surface area contributed by atoms with Crippen LogP contribution in [0.4, 0.5) is 11.6 Å². The fourth-order valence-corrected chi connectivity index (χ4v) is 2.40. The topological polar surface area (TPSA) is 61.9 Å². The second kappa shape index (κ2) is 7.28. The van der Waals surface area contributed by atoms with Crippen molar-refractivity contribution in [2.24, 2.45) is 5.92 Å². The molecule has 0 amide bonds. The predicted molar refractivity (Wildman–Crippen MR) is 79.5 cm³/mol. The fourth-order valence-electron chi connectivity index (χ4n) is 2.40. The zero-order valence-corrected chi connectivity index (χ0v) is 11.9. The number of anilines is 2. The predicted octanol–water partition coefficient (Wildman–Crippen LogP) is 2.10. The van der Waals surface area contributed by atoms with Gasteiger partial charge in [-0.3, -0.25) is 0 Å². The van der Waals surface area contributed by atoms with Crippen molar-refractivity contribution in [2.45, 2.75) is 39.2 Å². The van der Waals surface area contributed by atoms with Gasteiger partial charge in [0.25, 0.3) is 0 Å². The van der Waals surface area contributed by atoms with E-state index in [9.17, 15) is 0 Å². The molecule has 1 aromatic heterocycles. The highest BCUT2D eigenvalue weighted by molar-refractivity contribution is 5.46. The first-order valence-electron chi connectivity index (χ1n) is 7.27. The van der Waals surface area contributed by atoms with Crippen molar-refractivity contribution >= 4 is 11.6 Å². The summed E-state index contributed by atoms with van der Waals surface area (Å²) < 4.78 is 0. The number of aromatic nitrogens is 2. The van der Waals surface area contributed by atoms with E-state index in [-0.39, 0.29) is 0 Å². The molecule has 2 rings (SSSR count). The lowest BCUT2D eigenvalue weighted by Gasteiger charge is -2.22. The summed E-state index contributed by atoms with van der Waals surface area (Å²) in [6.45, 7) is 7.52. The number of piperidine rings is 1. The average molecular weight is 263 g/mol. The third kappa shape index (κ3) is 5.03. The SMILES string of the molecule is CC(C)Nc1cc(NCCC2CCCNC2)ncn1. The van der Waals surface area contributed by atoms with Gasteiger partial charge in [-0.2, -0.15) is 0 Å². The van der Waals surface area contributed by atoms with Crippen LogP contribution < -0.4 is 16.0 Å².